The van der Waals surface area contributed by atoms with Gasteiger partial charge in [0.25, 0.3) is 0 Å². The SMILES string of the molecule is CC(=O)O[C@]12C[C@@H]3CC[C@H]1Cc1cc(c(O)c4c1[C@H]1C=C[C@@]5(CCC[C@@H]5C1)O4)CN1C[C@@]4(CC1=O)[C@@H](CC[C@H]4c1ccccc1)CN=C(N)N[C@@]1(CCCC14CCCC4)SSC[C@H]1CC[C@@H](C[C@@]14CCC[C@]41CC[C@@H](C[C@H]4CCN=C(N)N4)[C@@H]1O)[C@H]3[C@H](O)C2. The number of esters is 1. The lowest BCUT2D eigenvalue weighted by Crippen LogP contribution is -2.60. The number of aromatic hydroxyl groups is 1. The summed E-state index contributed by atoms with van der Waals surface area (Å²) >= 11 is 0. The topological polar surface area (TPSA) is 217 Å². The number of nitrogens with one attached hydrogen (secondary N) is 2. The Labute approximate surface area is 536 Å². The molecular formula is C73H101N7O7S2. The quantitative estimate of drug-likeness (QED) is 0.0862. The third kappa shape index (κ3) is 9.53. The van der Waals surface area contributed by atoms with Crippen LogP contribution >= 0.6 is 21.6 Å². The van der Waals surface area contributed by atoms with E-state index in [-0.39, 0.29) is 104 Å². The van der Waals surface area contributed by atoms with Crippen molar-refractivity contribution >= 4 is 45.4 Å². The van der Waals surface area contributed by atoms with E-state index in [1.54, 1.807) is 6.92 Å². The number of aliphatic hydroxyl groups excluding tert-OH is 2. The van der Waals surface area contributed by atoms with Gasteiger partial charge >= 0.3 is 5.97 Å². The van der Waals surface area contributed by atoms with E-state index in [2.05, 4.69) is 85.8 Å². The first kappa shape index (κ1) is 59.9. The van der Waals surface area contributed by atoms with Gasteiger partial charge in [-0.15, -0.1) is 0 Å². The highest BCUT2D eigenvalue weighted by Gasteiger charge is 2.68. The predicted octanol–water partition coefficient (Wildman–Crippen LogP) is 12.1. The van der Waals surface area contributed by atoms with Crippen molar-refractivity contribution in [3.63, 3.8) is 0 Å². The summed E-state index contributed by atoms with van der Waals surface area (Å²) in [6, 6.07) is 13.3. The number of nitrogens with zero attached hydrogens (tertiary/aromatic N) is 3. The molecule has 14 nitrogen and oxygen atoms in total. The Hall–Kier alpha value is -4.12. The fraction of sp³-hybridized carbons (Fsp3) is 0.753. The number of aliphatic imine (C=N–C) groups is 2. The van der Waals surface area contributed by atoms with Crippen LogP contribution in [0.1, 0.15) is 221 Å². The van der Waals surface area contributed by atoms with E-state index >= 15 is 4.79 Å². The van der Waals surface area contributed by atoms with Crippen LogP contribution < -0.4 is 26.8 Å². The minimum atomic E-state index is -0.864. The van der Waals surface area contributed by atoms with E-state index in [9.17, 15) is 20.1 Å². The zero-order valence-corrected chi connectivity index (χ0v) is 54.6. The summed E-state index contributed by atoms with van der Waals surface area (Å²) < 4.78 is 14.2. The molecule has 0 aromatic heterocycles. The summed E-state index contributed by atoms with van der Waals surface area (Å²) in [5.41, 5.74) is 15.9. The second kappa shape index (κ2) is 22.5. The van der Waals surface area contributed by atoms with E-state index in [0.717, 1.165) is 158 Å². The van der Waals surface area contributed by atoms with Crippen LogP contribution in [0, 0.1) is 69.0 Å². The normalized spacial score (nSPS) is 44.5. The molecular weight excluding hydrogens is 1150 g/mol. The highest BCUT2D eigenvalue weighted by Crippen LogP contribution is 2.73. The van der Waals surface area contributed by atoms with Gasteiger partial charge < -0.3 is 51.8 Å². The molecule has 482 valence electrons. The minimum absolute atomic E-state index is 0.0582. The van der Waals surface area contributed by atoms with Crippen LogP contribution in [-0.4, -0.2) is 104 Å². The van der Waals surface area contributed by atoms with Crippen molar-refractivity contribution in [1.29, 1.82) is 0 Å². The molecule has 2 aromatic rings. The zero-order chi connectivity index (χ0) is 60.7. The number of phenolic OH excluding ortho intramolecular Hbond substituents is 1. The molecule has 20 rings (SSSR count). The predicted molar refractivity (Wildman–Crippen MR) is 351 cm³/mol. The first-order valence-corrected chi connectivity index (χ1v) is 38.0. The number of phenols is 1. The maximum Gasteiger partial charge on any atom is 0.303 e. The molecule has 8 heterocycles. The third-order valence-electron chi connectivity index (χ3n) is 28.5. The van der Waals surface area contributed by atoms with Crippen LogP contribution in [0.3, 0.4) is 0 Å². The average Bonchev–Trinajstić information content (AvgIpc) is 1.64. The highest BCUT2D eigenvalue weighted by molar-refractivity contribution is 8.77. The van der Waals surface area contributed by atoms with Crippen LogP contribution in [0.25, 0.3) is 0 Å². The van der Waals surface area contributed by atoms with Gasteiger partial charge in [0.2, 0.25) is 5.91 Å². The number of benzene rings is 2. The fourth-order valence-corrected chi connectivity index (χ4v) is 28.8. The van der Waals surface area contributed by atoms with Crippen molar-refractivity contribution in [2.24, 2.45) is 90.5 Å². The highest BCUT2D eigenvalue weighted by atomic mass is 33.1. The first-order valence-electron chi connectivity index (χ1n) is 35.7. The largest absolute Gasteiger partial charge is 0.504 e. The van der Waals surface area contributed by atoms with E-state index in [1.165, 1.54) is 37.7 Å². The number of carbonyl (C=O) groups excluding carboxylic acids is 2. The molecule has 16 heteroatoms. The zero-order valence-electron chi connectivity index (χ0n) is 53.0. The van der Waals surface area contributed by atoms with Crippen molar-refractivity contribution in [1.82, 2.24) is 15.5 Å². The van der Waals surface area contributed by atoms with Crippen LogP contribution in [0.4, 0.5) is 0 Å². The molecule has 6 spiro atoms. The number of hydrogen-bond acceptors (Lipinski definition) is 15. The number of nitrogens with two attached hydrogens (primary N) is 2. The third-order valence-corrected chi connectivity index (χ3v) is 31.8. The lowest BCUT2D eigenvalue weighted by molar-refractivity contribution is -0.204. The van der Waals surface area contributed by atoms with Gasteiger partial charge in [-0.2, -0.15) is 0 Å². The molecule has 8 aliphatic heterocycles. The molecule has 89 heavy (non-hydrogen) atoms. The standard InChI is InChI=1S/C73H101N7O7S2/c1-44(81)86-72-37-49-13-15-53(72)34-50-32-51(62(84)63-61(50)46-20-30-71(87-63)27-7-12-52(71)33-46)41-80-43-68(39-59(80)83)54(17-18-57(68)45-10-3-2-4-11-45)40-77-66(75)79-73(28-8-24-67(73)22-5-6-23-67)89-88-42-55-16-14-48(60(49)58(82)38-72)36-70(55)26-9-25-69(70)29-19-47(64(69)85)35-56-21-31-76-65(74)78-56/h2-4,10-11,20,30,32,46-49,52-58,60,64,82,84-85H,5-9,12-19,21-29,31,33-43H2,1H3,(H3,74,76,78)(H3,75,77,79)/t46-,47-,48-,49-,52+,53-,54-,55+,56+,57-,58+,60+,64-,68-,69+,70-,71+,72-,73-/m0/s1. The number of ether oxygens (including phenoxy) is 2. The second-order valence-corrected chi connectivity index (χ2v) is 34.8. The number of allylic oxidation sites excluding steroid dienone is 1. The van der Waals surface area contributed by atoms with Crippen molar-refractivity contribution in [2.45, 2.75) is 246 Å². The summed E-state index contributed by atoms with van der Waals surface area (Å²) in [6.07, 6.45) is 32.1. The van der Waals surface area contributed by atoms with Gasteiger partial charge in [0, 0.05) is 103 Å². The van der Waals surface area contributed by atoms with Crippen molar-refractivity contribution in [3.05, 3.63) is 70.8 Å². The van der Waals surface area contributed by atoms with Crippen LogP contribution in [0.15, 0.2) is 58.5 Å². The van der Waals surface area contributed by atoms with Gasteiger partial charge in [-0.25, -0.2) is 0 Å². The Kier molecular flexibility index (Phi) is 15.2. The van der Waals surface area contributed by atoms with Gasteiger partial charge in [-0.05, 0) is 224 Å². The average molecular weight is 1250 g/mol. The molecule has 10 aliphatic carbocycles. The number of amides is 1. The molecule has 9 saturated carbocycles. The Bertz CT molecular complexity index is 3170. The van der Waals surface area contributed by atoms with Crippen molar-refractivity contribution < 1.29 is 34.4 Å². The van der Waals surface area contributed by atoms with Gasteiger partial charge in [-0.1, -0.05) is 77.3 Å². The number of aliphatic hydroxyl groups is 2. The number of rotatable bonds is 4. The van der Waals surface area contributed by atoms with Crippen LogP contribution in [0.5, 0.6) is 11.5 Å². The summed E-state index contributed by atoms with van der Waals surface area (Å²) in [7, 11) is 4.16. The molecule has 1 amide bonds. The minimum Gasteiger partial charge on any atom is -0.504 e. The molecule has 2 aromatic carbocycles. The Morgan fingerprint density at radius 3 is 2.43 bits per heavy atom. The van der Waals surface area contributed by atoms with Crippen LogP contribution in [-0.2, 0) is 27.3 Å². The van der Waals surface area contributed by atoms with Gasteiger partial charge in [-0.3, -0.25) is 19.6 Å². The Morgan fingerprint density at radius 2 is 1.60 bits per heavy atom. The lowest BCUT2D eigenvalue weighted by Gasteiger charge is -2.60. The molecule has 12 bridgehead atoms. The van der Waals surface area contributed by atoms with E-state index < -0.39 is 23.4 Å². The Morgan fingerprint density at radius 1 is 0.809 bits per heavy atom. The summed E-state index contributed by atoms with van der Waals surface area (Å²) in [5.74, 6) is 4.36. The molecule has 10 fully saturated rings. The number of hydrogen-bond donors (Lipinski definition) is 7. The van der Waals surface area contributed by atoms with E-state index in [1.807, 2.05) is 4.90 Å². The number of carbonyl (C=O) groups is 2. The van der Waals surface area contributed by atoms with E-state index in [0.29, 0.717) is 67.4 Å². The number of guanidine groups is 2. The second-order valence-electron chi connectivity index (χ2n) is 32.1. The molecule has 0 unspecified atom stereocenters. The fourth-order valence-electron chi connectivity index (χ4n) is 24.8. The van der Waals surface area contributed by atoms with Gasteiger partial charge in [0.1, 0.15) is 16.1 Å². The molecule has 1 saturated heterocycles. The maximum atomic E-state index is 15.2. The van der Waals surface area contributed by atoms with Crippen LogP contribution in [0.2, 0.25) is 0 Å². The first-order chi connectivity index (χ1) is 43.1. The molecule has 0 radical (unpaired) electrons. The van der Waals surface area contributed by atoms with Gasteiger partial charge in [0.05, 0.1) is 12.2 Å². The molecule has 18 aliphatic rings. The maximum absolute atomic E-state index is 15.2. The summed E-state index contributed by atoms with van der Waals surface area (Å²) in [4.78, 5) is 40.6. The smallest absolute Gasteiger partial charge is 0.303 e. The molecule has 19 atom stereocenters. The van der Waals surface area contributed by atoms with Gasteiger partial charge in [0.15, 0.2) is 23.4 Å². The summed E-state index contributed by atoms with van der Waals surface area (Å²) in [6.45, 7) is 3.65. The lowest BCUT2D eigenvalue weighted by atomic mass is 9.47. The van der Waals surface area contributed by atoms with E-state index in [4.69, 9.17) is 25.9 Å². The molecule has 9 N–H and O–H groups in total. The Balaban J connectivity index is 0.800. The van der Waals surface area contributed by atoms with Crippen molar-refractivity contribution in [2.75, 3.05) is 25.4 Å². The monoisotopic (exact) mass is 1250 g/mol. The van der Waals surface area contributed by atoms with Crippen molar-refractivity contribution in [3.8, 4) is 11.5 Å². The summed E-state index contributed by atoms with van der Waals surface area (Å²) in [5, 5.41) is 47.1.